The van der Waals surface area contributed by atoms with Crippen LogP contribution in [0.4, 0.5) is 5.69 Å². The van der Waals surface area contributed by atoms with Gasteiger partial charge < -0.3 is 10.2 Å². The fourth-order valence-electron chi connectivity index (χ4n) is 2.52. The Bertz CT molecular complexity index is 517. The third-order valence-corrected chi connectivity index (χ3v) is 4.06. The van der Waals surface area contributed by atoms with Crippen LogP contribution in [0.3, 0.4) is 0 Å². The Morgan fingerprint density at radius 3 is 2.95 bits per heavy atom. The van der Waals surface area contributed by atoms with Crippen LogP contribution in [0.5, 0.6) is 0 Å². The number of rotatable bonds is 5. The summed E-state index contributed by atoms with van der Waals surface area (Å²) in [6, 6.07) is 8.19. The highest BCUT2D eigenvalue weighted by Crippen LogP contribution is 2.32. The quantitative estimate of drug-likeness (QED) is 0.867. The summed E-state index contributed by atoms with van der Waals surface area (Å²) in [6.07, 6.45) is 11.5. The van der Waals surface area contributed by atoms with Gasteiger partial charge in [0, 0.05) is 23.0 Å². The summed E-state index contributed by atoms with van der Waals surface area (Å²) in [5.41, 5.74) is 2.51. The van der Waals surface area contributed by atoms with Gasteiger partial charge in [0.2, 0.25) is 0 Å². The van der Waals surface area contributed by atoms with E-state index < -0.39 is 0 Å². The first-order valence-corrected chi connectivity index (χ1v) is 7.80. The molecule has 1 aliphatic carbocycles. The first kappa shape index (κ1) is 13.6. The molecule has 0 spiro atoms. The number of halogens is 1. The molecule has 1 aliphatic heterocycles. The molecule has 1 aromatic carbocycles. The van der Waals surface area contributed by atoms with Gasteiger partial charge in [0.25, 0.3) is 0 Å². The standard InChI is InChI=1S/C17H21ClN2/c18-15-5-4-7-17(11-15)20(12-14-8-9-14)13-16-6-2-1-3-10-19-16/h3-7,10-11,14,19H,1-2,8-9,12-13H2. The summed E-state index contributed by atoms with van der Waals surface area (Å²) in [5, 5.41) is 4.21. The van der Waals surface area contributed by atoms with Gasteiger partial charge in [0.15, 0.2) is 0 Å². The molecule has 0 saturated heterocycles. The first-order valence-electron chi connectivity index (χ1n) is 7.42. The van der Waals surface area contributed by atoms with E-state index in [1.807, 2.05) is 12.1 Å². The molecule has 0 atom stereocenters. The minimum Gasteiger partial charge on any atom is -0.365 e. The van der Waals surface area contributed by atoms with E-state index in [4.69, 9.17) is 11.6 Å². The van der Waals surface area contributed by atoms with Crippen molar-refractivity contribution in [3.63, 3.8) is 0 Å². The van der Waals surface area contributed by atoms with Crippen molar-refractivity contribution in [1.29, 1.82) is 0 Å². The van der Waals surface area contributed by atoms with Crippen LogP contribution in [0.25, 0.3) is 0 Å². The van der Waals surface area contributed by atoms with Gasteiger partial charge in [-0.1, -0.05) is 29.8 Å². The van der Waals surface area contributed by atoms with E-state index in [1.165, 1.54) is 24.2 Å². The van der Waals surface area contributed by atoms with E-state index in [-0.39, 0.29) is 0 Å². The normalized spacial score (nSPS) is 18.1. The summed E-state index contributed by atoms with van der Waals surface area (Å²) in [5.74, 6) is 0.857. The van der Waals surface area contributed by atoms with E-state index in [2.05, 4.69) is 40.7 Å². The van der Waals surface area contributed by atoms with Crippen molar-refractivity contribution >= 4 is 17.3 Å². The van der Waals surface area contributed by atoms with Gasteiger partial charge in [-0.05, 0) is 56.0 Å². The van der Waals surface area contributed by atoms with Crippen molar-refractivity contribution in [3.05, 3.63) is 53.3 Å². The number of hydrogen-bond donors (Lipinski definition) is 1. The predicted molar refractivity (Wildman–Crippen MR) is 86.0 cm³/mol. The van der Waals surface area contributed by atoms with Crippen LogP contribution in [-0.4, -0.2) is 13.1 Å². The molecule has 1 fully saturated rings. The molecule has 1 aromatic rings. The number of nitrogens with zero attached hydrogens (tertiary/aromatic N) is 1. The Hall–Kier alpha value is -1.41. The van der Waals surface area contributed by atoms with Gasteiger partial charge in [0.05, 0.1) is 6.54 Å². The lowest BCUT2D eigenvalue weighted by Crippen LogP contribution is -2.30. The van der Waals surface area contributed by atoms with Crippen LogP contribution >= 0.6 is 11.6 Å². The summed E-state index contributed by atoms with van der Waals surface area (Å²) in [7, 11) is 0. The lowest BCUT2D eigenvalue weighted by atomic mass is 10.2. The van der Waals surface area contributed by atoms with Crippen LogP contribution in [0, 0.1) is 5.92 Å². The fraction of sp³-hybridized carbons (Fsp3) is 0.412. The monoisotopic (exact) mass is 288 g/mol. The van der Waals surface area contributed by atoms with Gasteiger partial charge in [-0.25, -0.2) is 0 Å². The number of anilines is 1. The Labute approximate surface area is 126 Å². The predicted octanol–water partition coefficient (Wildman–Crippen LogP) is 4.34. The lowest BCUT2D eigenvalue weighted by Gasteiger charge is -2.26. The maximum absolute atomic E-state index is 6.14. The zero-order valence-corrected chi connectivity index (χ0v) is 12.4. The van der Waals surface area contributed by atoms with Crippen LogP contribution < -0.4 is 10.2 Å². The third kappa shape index (κ3) is 3.80. The van der Waals surface area contributed by atoms with E-state index >= 15 is 0 Å². The average molecular weight is 289 g/mol. The van der Waals surface area contributed by atoms with E-state index in [1.54, 1.807) is 0 Å². The molecule has 1 N–H and O–H groups in total. The Morgan fingerprint density at radius 1 is 1.25 bits per heavy atom. The Kier molecular flexibility index (Phi) is 4.31. The fourth-order valence-corrected chi connectivity index (χ4v) is 2.71. The summed E-state index contributed by atoms with van der Waals surface area (Å²) >= 11 is 6.14. The highest BCUT2D eigenvalue weighted by molar-refractivity contribution is 6.30. The molecule has 3 rings (SSSR count). The second-order valence-corrected chi connectivity index (χ2v) is 6.09. The third-order valence-electron chi connectivity index (χ3n) is 3.82. The van der Waals surface area contributed by atoms with Gasteiger partial charge in [0.1, 0.15) is 0 Å². The molecular weight excluding hydrogens is 268 g/mol. The smallest absolute Gasteiger partial charge is 0.0576 e. The molecule has 1 heterocycles. The topological polar surface area (TPSA) is 15.3 Å². The highest BCUT2D eigenvalue weighted by atomic mass is 35.5. The van der Waals surface area contributed by atoms with Crippen molar-refractivity contribution in [3.8, 4) is 0 Å². The van der Waals surface area contributed by atoms with Gasteiger partial charge in [-0.3, -0.25) is 0 Å². The van der Waals surface area contributed by atoms with Crippen LogP contribution in [-0.2, 0) is 0 Å². The van der Waals surface area contributed by atoms with Crippen molar-refractivity contribution in [2.24, 2.45) is 5.92 Å². The summed E-state index contributed by atoms with van der Waals surface area (Å²) in [6.45, 7) is 2.06. The van der Waals surface area contributed by atoms with E-state index in [9.17, 15) is 0 Å². The Morgan fingerprint density at radius 2 is 2.15 bits per heavy atom. The zero-order valence-electron chi connectivity index (χ0n) is 11.7. The number of hydrogen-bond acceptors (Lipinski definition) is 2. The Balaban J connectivity index is 1.75. The molecule has 0 unspecified atom stereocenters. The maximum atomic E-state index is 6.14. The molecule has 0 bridgehead atoms. The van der Waals surface area contributed by atoms with Crippen LogP contribution in [0.1, 0.15) is 25.7 Å². The first-order chi connectivity index (χ1) is 9.81. The van der Waals surface area contributed by atoms with Gasteiger partial charge in [-0.2, -0.15) is 0 Å². The molecule has 106 valence electrons. The molecule has 2 aliphatic rings. The maximum Gasteiger partial charge on any atom is 0.0576 e. The molecule has 0 radical (unpaired) electrons. The van der Waals surface area contributed by atoms with Crippen molar-refractivity contribution in [2.45, 2.75) is 25.7 Å². The molecule has 0 amide bonds. The zero-order chi connectivity index (χ0) is 13.8. The molecule has 1 saturated carbocycles. The number of nitrogens with one attached hydrogen (secondary N) is 1. The van der Waals surface area contributed by atoms with Crippen LogP contribution in [0.2, 0.25) is 5.02 Å². The molecule has 2 nitrogen and oxygen atoms in total. The van der Waals surface area contributed by atoms with Gasteiger partial charge in [-0.15, -0.1) is 0 Å². The van der Waals surface area contributed by atoms with E-state index in [0.29, 0.717) is 0 Å². The van der Waals surface area contributed by atoms with Gasteiger partial charge >= 0.3 is 0 Å². The van der Waals surface area contributed by atoms with E-state index in [0.717, 1.165) is 36.9 Å². The van der Waals surface area contributed by atoms with Crippen molar-refractivity contribution in [2.75, 3.05) is 18.0 Å². The molecular formula is C17H21ClN2. The lowest BCUT2D eigenvalue weighted by molar-refractivity contribution is 0.735. The minimum absolute atomic E-state index is 0.811. The number of benzene rings is 1. The average Bonchev–Trinajstić information content (AvgIpc) is 3.25. The second kappa shape index (κ2) is 6.36. The number of allylic oxidation sites excluding steroid dienone is 2. The van der Waals surface area contributed by atoms with Crippen LogP contribution in [0.15, 0.2) is 48.3 Å². The van der Waals surface area contributed by atoms with Crippen molar-refractivity contribution < 1.29 is 0 Å². The molecule has 0 aromatic heterocycles. The molecule has 20 heavy (non-hydrogen) atoms. The summed E-state index contributed by atoms with van der Waals surface area (Å²) in [4.78, 5) is 2.45. The van der Waals surface area contributed by atoms with Crippen molar-refractivity contribution in [1.82, 2.24) is 5.32 Å². The highest BCUT2D eigenvalue weighted by Gasteiger charge is 2.25. The second-order valence-electron chi connectivity index (χ2n) is 5.66. The molecule has 3 heteroatoms. The summed E-state index contributed by atoms with van der Waals surface area (Å²) < 4.78 is 0. The largest absolute Gasteiger partial charge is 0.365 e. The minimum atomic E-state index is 0.811. The SMILES string of the molecule is Clc1cccc(N(CC2=CCCC=CN2)CC2CC2)c1.